The Hall–Kier alpha value is -0.860. The molecule has 0 heterocycles. The zero-order chi connectivity index (χ0) is 14.5. The monoisotopic (exact) mass is 294 g/mol. The van der Waals surface area contributed by atoms with Gasteiger partial charge < -0.3 is 9.84 Å². The van der Waals surface area contributed by atoms with Crippen molar-refractivity contribution in [3.8, 4) is 0 Å². The normalized spacial score (nSPS) is 24.8. The molecular formula is C11H22N2O5S. The molecule has 7 nitrogen and oxygen atoms in total. The smallest absolute Gasteiger partial charge is 0.422 e. The van der Waals surface area contributed by atoms with E-state index in [2.05, 4.69) is 4.72 Å². The van der Waals surface area contributed by atoms with E-state index >= 15 is 0 Å². The Morgan fingerprint density at radius 1 is 1.26 bits per heavy atom. The second kappa shape index (κ2) is 7.06. The van der Waals surface area contributed by atoms with Gasteiger partial charge in [0.2, 0.25) is 0 Å². The van der Waals surface area contributed by atoms with Crippen molar-refractivity contribution in [2.45, 2.75) is 64.2 Å². The summed E-state index contributed by atoms with van der Waals surface area (Å²) in [4.78, 5) is 11.2. The fraction of sp³-hybridized carbons (Fsp3) is 0.909. The van der Waals surface area contributed by atoms with Gasteiger partial charge in [-0.2, -0.15) is 13.1 Å². The van der Waals surface area contributed by atoms with E-state index in [9.17, 15) is 18.3 Å². The lowest BCUT2D eigenvalue weighted by atomic mass is 10.1. The predicted molar refractivity (Wildman–Crippen MR) is 69.7 cm³/mol. The van der Waals surface area contributed by atoms with Crippen LogP contribution in [0, 0.1) is 0 Å². The number of aliphatic hydroxyl groups is 1. The van der Waals surface area contributed by atoms with Crippen LogP contribution in [0.3, 0.4) is 0 Å². The highest BCUT2D eigenvalue weighted by molar-refractivity contribution is 7.88. The Bertz CT molecular complexity index is 396. The molecule has 1 rings (SSSR count). The molecule has 0 aliphatic heterocycles. The Morgan fingerprint density at radius 2 is 1.89 bits per heavy atom. The van der Waals surface area contributed by atoms with Crippen molar-refractivity contribution in [2.24, 2.45) is 0 Å². The number of hydrogen-bond acceptors (Lipinski definition) is 5. The van der Waals surface area contributed by atoms with E-state index in [-0.39, 0.29) is 0 Å². The van der Waals surface area contributed by atoms with E-state index in [0.29, 0.717) is 12.8 Å². The third-order valence-electron chi connectivity index (χ3n) is 2.85. The van der Waals surface area contributed by atoms with Crippen molar-refractivity contribution in [1.82, 2.24) is 9.44 Å². The number of carbonyl (C=O) groups is 1. The summed E-state index contributed by atoms with van der Waals surface area (Å²) in [5.41, 5.74) is 0. The maximum Gasteiger partial charge on any atom is 0.422 e. The van der Waals surface area contributed by atoms with Crippen LogP contribution in [0.25, 0.3) is 0 Å². The van der Waals surface area contributed by atoms with Crippen molar-refractivity contribution in [3.05, 3.63) is 0 Å². The van der Waals surface area contributed by atoms with Crippen LogP contribution in [0.2, 0.25) is 0 Å². The van der Waals surface area contributed by atoms with Crippen molar-refractivity contribution in [2.75, 3.05) is 0 Å². The lowest BCUT2D eigenvalue weighted by molar-refractivity contribution is 0.119. The third-order valence-corrected chi connectivity index (χ3v) is 3.89. The van der Waals surface area contributed by atoms with Gasteiger partial charge in [0.15, 0.2) is 0 Å². The number of aliphatic hydroxyl groups excluding tert-OH is 1. The minimum absolute atomic E-state index is 0.404. The molecule has 8 heteroatoms. The Morgan fingerprint density at radius 3 is 2.53 bits per heavy atom. The summed E-state index contributed by atoms with van der Waals surface area (Å²) >= 11 is 0. The first-order valence-electron chi connectivity index (χ1n) is 6.49. The molecule has 0 aromatic rings. The van der Waals surface area contributed by atoms with Gasteiger partial charge in [-0.15, -0.1) is 0 Å². The van der Waals surface area contributed by atoms with Gasteiger partial charge in [0.25, 0.3) is 0 Å². The van der Waals surface area contributed by atoms with Crippen LogP contribution >= 0.6 is 0 Å². The fourth-order valence-electron chi connectivity index (χ4n) is 2.00. The number of rotatable bonds is 4. The molecule has 1 aliphatic rings. The molecule has 0 saturated heterocycles. The molecule has 3 N–H and O–H groups in total. The van der Waals surface area contributed by atoms with Crippen LogP contribution in [-0.2, 0) is 14.9 Å². The predicted octanol–water partition coefficient (Wildman–Crippen LogP) is 0.649. The maximum absolute atomic E-state index is 11.7. The van der Waals surface area contributed by atoms with E-state index in [4.69, 9.17) is 4.74 Å². The van der Waals surface area contributed by atoms with E-state index in [1.54, 1.807) is 18.6 Å². The zero-order valence-corrected chi connectivity index (χ0v) is 12.1. The molecule has 2 atom stereocenters. The Balaban J connectivity index is 2.55. The van der Waals surface area contributed by atoms with Gasteiger partial charge in [-0.1, -0.05) is 19.3 Å². The van der Waals surface area contributed by atoms with Gasteiger partial charge in [0.05, 0.1) is 12.2 Å². The van der Waals surface area contributed by atoms with Crippen molar-refractivity contribution < 1.29 is 23.1 Å². The number of amides is 1. The first-order valence-corrected chi connectivity index (χ1v) is 7.97. The molecule has 1 aliphatic carbocycles. The summed E-state index contributed by atoms with van der Waals surface area (Å²) in [5, 5.41) is 9.82. The molecule has 2 unspecified atom stereocenters. The first-order chi connectivity index (χ1) is 8.80. The number of nitrogens with one attached hydrogen (secondary N) is 2. The molecule has 1 saturated carbocycles. The summed E-state index contributed by atoms with van der Waals surface area (Å²) in [5.74, 6) is 0. The molecule has 0 bridgehead atoms. The largest absolute Gasteiger partial charge is 0.446 e. The lowest BCUT2D eigenvalue weighted by Gasteiger charge is -2.21. The molecule has 0 aromatic carbocycles. The second-order valence-corrected chi connectivity index (χ2v) is 6.44. The van der Waals surface area contributed by atoms with Gasteiger partial charge in [-0.3, -0.25) is 0 Å². The lowest BCUT2D eigenvalue weighted by Crippen LogP contribution is -2.49. The van der Waals surface area contributed by atoms with Crippen molar-refractivity contribution in [3.63, 3.8) is 0 Å². The van der Waals surface area contributed by atoms with Crippen LogP contribution in [0.1, 0.15) is 46.0 Å². The molecule has 19 heavy (non-hydrogen) atoms. The average Bonchev–Trinajstić information content (AvgIpc) is 2.41. The third kappa shape index (κ3) is 6.22. The molecular weight excluding hydrogens is 272 g/mol. The number of ether oxygens (including phenoxy) is 1. The molecule has 112 valence electrons. The number of hydrogen-bond donors (Lipinski definition) is 3. The SMILES string of the molecule is CC(C)OC(=O)NS(=O)(=O)NC1CCCCCC1O. The van der Waals surface area contributed by atoms with Crippen molar-refractivity contribution in [1.29, 1.82) is 0 Å². The minimum atomic E-state index is -4.01. The summed E-state index contributed by atoms with van der Waals surface area (Å²) < 4.78 is 32.2. The molecule has 1 fully saturated rings. The van der Waals surface area contributed by atoms with Gasteiger partial charge in [0, 0.05) is 6.04 Å². The molecule has 0 aromatic heterocycles. The maximum atomic E-state index is 11.7. The summed E-state index contributed by atoms with van der Waals surface area (Å²) in [7, 11) is -4.01. The fourth-order valence-corrected chi connectivity index (χ4v) is 3.00. The second-order valence-electron chi connectivity index (χ2n) is 4.99. The van der Waals surface area contributed by atoms with E-state index < -0.39 is 34.6 Å². The Kier molecular flexibility index (Phi) is 6.02. The van der Waals surface area contributed by atoms with Crippen LogP contribution < -0.4 is 9.44 Å². The summed E-state index contributed by atoms with van der Waals surface area (Å²) in [6.07, 6.45) is 1.66. The standard InChI is InChI=1S/C11H22N2O5S/c1-8(2)18-11(15)13-19(16,17)12-9-6-4-3-5-7-10(9)14/h8-10,12,14H,3-7H2,1-2H3,(H,13,15). The van der Waals surface area contributed by atoms with Crippen LogP contribution in [0.15, 0.2) is 0 Å². The molecule has 1 amide bonds. The average molecular weight is 294 g/mol. The van der Waals surface area contributed by atoms with Crippen molar-refractivity contribution >= 4 is 16.3 Å². The Labute approximate surface area is 113 Å². The first kappa shape index (κ1) is 16.2. The summed E-state index contributed by atoms with van der Waals surface area (Å²) in [6, 6.07) is -0.563. The van der Waals surface area contributed by atoms with Gasteiger partial charge in [-0.25, -0.2) is 9.52 Å². The van der Waals surface area contributed by atoms with Gasteiger partial charge in [-0.05, 0) is 26.7 Å². The van der Waals surface area contributed by atoms with Crippen LogP contribution in [-0.4, -0.2) is 37.9 Å². The summed E-state index contributed by atoms with van der Waals surface area (Å²) in [6.45, 7) is 3.24. The quantitative estimate of drug-likeness (QED) is 0.660. The highest BCUT2D eigenvalue weighted by atomic mass is 32.2. The van der Waals surface area contributed by atoms with E-state index in [1.165, 1.54) is 0 Å². The highest BCUT2D eigenvalue weighted by Gasteiger charge is 2.27. The minimum Gasteiger partial charge on any atom is -0.446 e. The highest BCUT2D eigenvalue weighted by Crippen LogP contribution is 2.18. The van der Waals surface area contributed by atoms with Crippen LogP contribution in [0.5, 0.6) is 0 Å². The number of carbonyl (C=O) groups excluding carboxylic acids is 1. The topological polar surface area (TPSA) is 105 Å². The van der Waals surface area contributed by atoms with Gasteiger partial charge >= 0.3 is 16.3 Å². The molecule has 0 radical (unpaired) electrons. The van der Waals surface area contributed by atoms with E-state index in [0.717, 1.165) is 19.3 Å². The van der Waals surface area contributed by atoms with Gasteiger partial charge in [0.1, 0.15) is 0 Å². The van der Waals surface area contributed by atoms with Crippen LogP contribution in [0.4, 0.5) is 4.79 Å². The molecule has 0 spiro atoms. The van der Waals surface area contributed by atoms with E-state index in [1.807, 2.05) is 0 Å². The zero-order valence-electron chi connectivity index (χ0n) is 11.3.